The van der Waals surface area contributed by atoms with Crippen LogP contribution in [0.2, 0.25) is 0 Å². The molecular weight excluding hydrogens is 357 g/mol. The van der Waals surface area contributed by atoms with Crippen LogP contribution in [0, 0.1) is 9.49 Å². The molecule has 1 aromatic rings. The zero-order valence-corrected chi connectivity index (χ0v) is 13.6. The van der Waals surface area contributed by atoms with Crippen LogP contribution >= 0.6 is 22.6 Å². The first-order valence-electron chi connectivity index (χ1n) is 6.20. The lowest BCUT2D eigenvalue weighted by molar-refractivity contribution is 0.0689. The van der Waals surface area contributed by atoms with Crippen LogP contribution < -0.4 is 5.32 Å². The van der Waals surface area contributed by atoms with E-state index in [1.807, 2.05) is 24.3 Å². The number of carbonyl (C=O) groups excluding carboxylic acids is 1. The topological polar surface area (TPSA) is 47.6 Å². The van der Waals surface area contributed by atoms with Gasteiger partial charge in [0.25, 0.3) is 0 Å². The summed E-state index contributed by atoms with van der Waals surface area (Å²) < 4.78 is 11.7. The number of methoxy groups -OCH3 is 1. The van der Waals surface area contributed by atoms with Gasteiger partial charge in [0.2, 0.25) is 0 Å². The van der Waals surface area contributed by atoms with E-state index in [2.05, 4.69) is 34.8 Å². The Kier molecular flexibility index (Phi) is 7.15. The van der Waals surface area contributed by atoms with Gasteiger partial charge in [0, 0.05) is 29.9 Å². The summed E-state index contributed by atoms with van der Waals surface area (Å²) in [5.74, 6) is 0.315. The molecule has 0 saturated heterocycles. The Bertz CT molecular complexity index is 411. The molecule has 0 fully saturated rings. The van der Waals surface area contributed by atoms with Gasteiger partial charge in [-0.1, -0.05) is 25.1 Å². The largest absolute Gasteiger partial charge is 0.441 e. The molecule has 0 aliphatic rings. The van der Waals surface area contributed by atoms with Crippen molar-refractivity contribution in [3.63, 3.8) is 0 Å². The second-order valence-electron chi connectivity index (χ2n) is 4.46. The van der Waals surface area contributed by atoms with E-state index in [0.29, 0.717) is 12.5 Å². The van der Waals surface area contributed by atoms with E-state index in [1.54, 1.807) is 14.2 Å². The lowest BCUT2D eigenvalue weighted by atomic mass is 9.98. The number of alkyl carbamates (subject to hydrolysis) is 1. The summed E-state index contributed by atoms with van der Waals surface area (Å²) in [6.07, 6.45) is 0.0776. The van der Waals surface area contributed by atoms with E-state index in [1.165, 1.54) is 0 Å². The number of rotatable bonds is 6. The molecule has 0 unspecified atom stereocenters. The predicted octanol–water partition coefficient (Wildman–Crippen LogP) is 3.36. The van der Waals surface area contributed by atoms with Gasteiger partial charge in [-0.25, -0.2) is 4.79 Å². The average Bonchev–Trinajstić information content (AvgIpc) is 2.38. The highest BCUT2D eigenvalue weighted by Gasteiger charge is 2.21. The van der Waals surface area contributed by atoms with E-state index in [9.17, 15) is 4.79 Å². The fourth-order valence-corrected chi connectivity index (χ4v) is 2.62. The molecule has 19 heavy (non-hydrogen) atoms. The normalized spacial score (nSPS) is 13.7. The number of hydrogen-bond donors (Lipinski definition) is 1. The number of halogens is 1. The fraction of sp³-hybridized carbons (Fsp3) is 0.500. The second kappa shape index (κ2) is 8.37. The highest BCUT2D eigenvalue weighted by molar-refractivity contribution is 14.1. The minimum Gasteiger partial charge on any atom is -0.441 e. The van der Waals surface area contributed by atoms with Gasteiger partial charge in [-0.05, 0) is 41.0 Å². The standard InChI is InChI=1S/C14H20INO3/c1-10(9-18-3)8-13(19-14(17)16-2)11-6-4-5-7-12(11)15/h4-7,10,13H,8-9H2,1-3H3,(H,16,17)/t10-,13-/m0/s1. The minimum absolute atomic E-state index is 0.252. The van der Waals surface area contributed by atoms with Crippen LogP contribution in [0.5, 0.6) is 0 Å². The van der Waals surface area contributed by atoms with Crippen LogP contribution in [0.25, 0.3) is 0 Å². The molecule has 0 radical (unpaired) electrons. The molecule has 0 saturated carbocycles. The van der Waals surface area contributed by atoms with Crippen molar-refractivity contribution in [3.8, 4) is 0 Å². The monoisotopic (exact) mass is 377 g/mol. The van der Waals surface area contributed by atoms with Crippen molar-refractivity contribution < 1.29 is 14.3 Å². The zero-order valence-electron chi connectivity index (χ0n) is 11.5. The zero-order chi connectivity index (χ0) is 14.3. The summed E-state index contributed by atoms with van der Waals surface area (Å²) in [6, 6.07) is 7.94. The van der Waals surface area contributed by atoms with Crippen molar-refractivity contribution in [2.24, 2.45) is 5.92 Å². The summed E-state index contributed by atoms with van der Waals surface area (Å²) in [4.78, 5) is 11.5. The lowest BCUT2D eigenvalue weighted by Crippen LogP contribution is -2.24. The number of hydrogen-bond acceptors (Lipinski definition) is 3. The third kappa shape index (κ3) is 5.36. The summed E-state index contributed by atoms with van der Waals surface area (Å²) in [6.45, 7) is 2.73. The molecular formula is C14H20INO3. The molecule has 0 aromatic heterocycles. The maximum absolute atomic E-state index is 11.5. The summed E-state index contributed by atoms with van der Waals surface area (Å²) in [7, 11) is 3.24. The fourth-order valence-electron chi connectivity index (χ4n) is 1.88. The van der Waals surface area contributed by atoms with E-state index < -0.39 is 6.09 Å². The van der Waals surface area contributed by atoms with Crippen molar-refractivity contribution in [3.05, 3.63) is 33.4 Å². The SMILES string of the molecule is CNC(=O)O[C@@H](C[C@H](C)COC)c1ccccc1I. The number of ether oxygens (including phenoxy) is 2. The molecule has 1 N–H and O–H groups in total. The van der Waals surface area contributed by atoms with Crippen molar-refractivity contribution in [1.29, 1.82) is 0 Å². The van der Waals surface area contributed by atoms with Crippen molar-refractivity contribution in [1.82, 2.24) is 5.32 Å². The molecule has 4 nitrogen and oxygen atoms in total. The molecule has 5 heteroatoms. The molecule has 1 rings (SSSR count). The first kappa shape index (κ1) is 16.2. The molecule has 2 atom stereocenters. The third-order valence-corrected chi connectivity index (χ3v) is 3.76. The highest BCUT2D eigenvalue weighted by atomic mass is 127. The number of amides is 1. The molecule has 1 amide bonds. The maximum atomic E-state index is 11.5. The van der Waals surface area contributed by atoms with Gasteiger partial charge in [0.15, 0.2) is 0 Å². The van der Waals surface area contributed by atoms with E-state index in [-0.39, 0.29) is 6.10 Å². The highest BCUT2D eigenvalue weighted by Crippen LogP contribution is 2.29. The summed E-state index contributed by atoms with van der Waals surface area (Å²) in [5.41, 5.74) is 1.04. The molecule has 0 spiro atoms. The maximum Gasteiger partial charge on any atom is 0.407 e. The van der Waals surface area contributed by atoms with Crippen LogP contribution in [0.4, 0.5) is 4.79 Å². The van der Waals surface area contributed by atoms with Gasteiger partial charge in [0.1, 0.15) is 6.10 Å². The van der Waals surface area contributed by atoms with E-state index >= 15 is 0 Å². The number of benzene rings is 1. The Morgan fingerprint density at radius 1 is 1.42 bits per heavy atom. The molecule has 0 bridgehead atoms. The minimum atomic E-state index is -0.408. The predicted molar refractivity (Wildman–Crippen MR) is 83.1 cm³/mol. The number of carbonyl (C=O) groups is 1. The molecule has 106 valence electrons. The van der Waals surface area contributed by atoms with E-state index in [4.69, 9.17) is 9.47 Å². The first-order valence-corrected chi connectivity index (χ1v) is 7.28. The van der Waals surface area contributed by atoms with Crippen LogP contribution in [0.1, 0.15) is 25.0 Å². The van der Waals surface area contributed by atoms with Crippen molar-refractivity contribution >= 4 is 28.7 Å². The summed E-state index contributed by atoms with van der Waals surface area (Å²) >= 11 is 2.26. The Morgan fingerprint density at radius 3 is 2.68 bits per heavy atom. The van der Waals surface area contributed by atoms with Gasteiger partial charge >= 0.3 is 6.09 Å². The van der Waals surface area contributed by atoms with Gasteiger partial charge in [0.05, 0.1) is 0 Å². The number of nitrogens with one attached hydrogen (secondary N) is 1. The first-order chi connectivity index (χ1) is 9.08. The Balaban J connectivity index is 2.85. The molecule has 0 aliphatic carbocycles. The Morgan fingerprint density at radius 2 is 2.11 bits per heavy atom. The van der Waals surface area contributed by atoms with Crippen molar-refractivity contribution in [2.75, 3.05) is 20.8 Å². The second-order valence-corrected chi connectivity index (χ2v) is 5.62. The average molecular weight is 377 g/mol. The van der Waals surface area contributed by atoms with Gasteiger partial charge in [-0.3, -0.25) is 0 Å². The summed E-state index contributed by atoms with van der Waals surface area (Å²) in [5, 5.41) is 2.50. The smallest absolute Gasteiger partial charge is 0.407 e. The van der Waals surface area contributed by atoms with Crippen molar-refractivity contribution in [2.45, 2.75) is 19.4 Å². The third-order valence-electron chi connectivity index (χ3n) is 2.77. The van der Waals surface area contributed by atoms with Gasteiger partial charge in [-0.15, -0.1) is 0 Å². The van der Waals surface area contributed by atoms with E-state index in [0.717, 1.165) is 15.6 Å². The Labute approximate surface area is 128 Å². The molecule has 1 aromatic carbocycles. The van der Waals surface area contributed by atoms with Gasteiger partial charge in [-0.2, -0.15) is 0 Å². The Hall–Kier alpha value is -0.820. The van der Waals surface area contributed by atoms with Crippen LogP contribution in [0.15, 0.2) is 24.3 Å². The van der Waals surface area contributed by atoms with Crippen LogP contribution in [0.3, 0.4) is 0 Å². The molecule has 0 heterocycles. The lowest BCUT2D eigenvalue weighted by Gasteiger charge is -2.22. The quantitative estimate of drug-likeness (QED) is 0.774. The van der Waals surface area contributed by atoms with Gasteiger partial charge < -0.3 is 14.8 Å². The van der Waals surface area contributed by atoms with Crippen LogP contribution in [-0.4, -0.2) is 26.9 Å². The van der Waals surface area contributed by atoms with Crippen LogP contribution in [-0.2, 0) is 9.47 Å². The molecule has 0 aliphatic heterocycles.